The molecule has 0 aliphatic heterocycles. The number of methoxy groups -OCH3 is 1. The lowest BCUT2D eigenvalue weighted by atomic mass is 10.1. The molecule has 0 atom stereocenters. The number of aromatic nitrogens is 3. The maximum atomic E-state index is 11.8. The lowest BCUT2D eigenvalue weighted by Gasteiger charge is -2.11. The van der Waals surface area contributed by atoms with Gasteiger partial charge in [0.25, 0.3) is 0 Å². The number of aryl methyl sites for hydroxylation is 1. The quantitative estimate of drug-likeness (QED) is 0.314. The first kappa shape index (κ1) is 19.5. The Bertz CT molecular complexity index is 1230. The average Bonchev–Trinajstić information content (AvgIpc) is 3.15. The molecule has 0 saturated heterocycles. The van der Waals surface area contributed by atoms with Gasteiger partial charge in [-0.15, -0.1) is 0 Å². The Morgan fingerprint density at radius 1 is 1.13 bits per heavy atom. The van der Waals surface area contributed by atoms with Gasteiger partial charge in [-0.1, -0.05) is 36.5 Å². The summed E-state index contributed by atoms with van der Waals surface area (Å²) in [6.45, 7) is 2.02. The minimum Gasteiger partial charge on any atom is -0.497 e. The van der Waals surface area contributed by atoms with Crippen LogP contribution in [0, 0.1) is 10.1 Å². The molecule has 4 rings (SSSR count). The van der Waals surface area contributed by atoms with Crippen LogP contribution in [0.3, 0.4) is 0 Å². The zero-order valence-corrected chi connectivity index (χ0v) is 17.1. The summed E-state index contributed by atoms with van der Waals surface area (Å²) in [6, 6.07) is 13.1. The van der Waals surface area contributed by atoms with Crippen molar-refractivity contribution in [1.29, 1.82) is 0 Å². The molecule has 4 aromatic rings. The largest absolute Gasteiger partial charge is 0.497 e. The molecule has 0 bridgehead atoms. The molecule has 10 heteroatoms. The molecule has 2 N–H and O–H groups in total. The summed E-state index contributed by atoms with van der Waals surface area (Å²) in [5, 5.41) is 18.4. The van der Waals surface area contributed by atoms with E-state index in [9.17, 15) is 10.1 Å². The number of hydrogen-bond acceptors (Lipinski definition) is 9. The van der Waals surface area contributed by atoms with Crippen molar-refractivity contribution >= 4 is 49.7 Å². The molecule has 9 nitrogen and oxygen atoms in total. The molecule has 0 aliphatic carbocycles. The molecule has 2 heterocycles. The monoisotopic (exact) mass is 422 g/mol. The summed E-state index contributed by atoms with van der Waals surface area (Å²) >= 11 is 1.35. The van der Waals surface area contributed by atoms with Crippen LogP contribution in [0.2, 0.25) is 0 Å². The van der Waals surface area contributed by atoms with E-state index < -0.39 is 4.92 Å². The van der Waals surface area contributed by atoms with Gasteiger partial charge in [-0.25, -0.2) is 15.0 Å². The smallest absolute Gasteiger partial charge is 0.353 e. The van der Waals surface area contributed by atoms with Crippen LogP contribution in [-0.4, -0.2) is 27.0 Å². The van der Waals surface area contributed by atoms with Crippen LogP contribution in [0.25, 0.3) is 10.2 Å². The highest BCUT2D eigenvalue weighted by molar-refractivity contribution is 7.22. The summed E-state index contributed by atoms with van der Waals surface area (Å²) in [5.74, 6) is 0.894. The molecule has 0 amide bonds. The number of nitro groups is 1. The van der Waals surface area contributed by atoms with E-state index in [4.69, 9.17) is 4.74 Å². The first-order chi connectivity index (χ1) is 14.6. The SMILES string of the molecule is CCc1ccccc1Nc1ncnc(Nc2nc3ccc(OC)cc3s2)c1[N+](=O)[O-]. The first-order valence-corrected chi connectivity index (χ1v) is 9.96. The number of para-hydroxylation sites is 1. The van der Waals surface area contributed by atoms with Crippen molar-refractivity contribution in [2.75, 3.05) is 17.7 Å². The van der Waals surface area contributed by atoms with Gasteiger partial charge in [0.15, 0.2) is 5.13 Å². The second kappa shape index (κ2) is 8.29. The number of hydrogen-bond donors (Lipinski definition) is 2. The highest BCUT2D eigenvalue weighted by Crippen LogP contribution is 2.36. The predicted octanol–water partition coefficient (Wildman–Crippen LogP) is 5.05. The van der Waals surface area contributed by atoms with E-state index in [0.717, 1.165) is 27.9 Å². The lowest BCUT2D eigenvalue weighted by molar-refractivity contribution is -0.383. The third kappa shape index (κ3) is 3.85. The molecule has 0 saturated carbocycles. The summed E-state index contributed by atoms with van der Waals surface area (Å²) in [6.07, 6.45) is 2.06. The van der Waals surface area contributed by atoms with Crippen molar-refractivity contribution in [3.63, 3.8) is 0 Å². The zero-order chi connectivity index (χ0) is 21.1. The fraction of sp³-hybridized carbons (Fsp3) is 0.150. The van der Waals surface area contributed by atoms with Crippen molar-refractivity contribution in [3.8, 4) is 5.75 Å². The van der Waals surface area contributed by atoms with Gasteiger partial charge in [-0.2, -0.15) is 0 Å². The molecule has 30 heavy (non-hydrogen) atoms. The summed E-state index contributed by atoms with van der Waals surface area (Å²) in [4.78, 5) is 24.0. The second-order valence-corrected chi connectivity index (χ2v) is 7.32. The highest BCUT2D eigenvalue weighted by Gasteiger charge is 2.24. The van der Waals surface area contributed by atoms with Crippen LogP contribution in [0.4, 0.5) is 28.1 Å². The van der Waals surface area contributed by atoms with E-state index in [1.165, 1.54) is 17.7 Å². The van der Waals surface area contributed by atoms with Crippen molar-refractivity contribution in [3.05, 3.63) is 64.5 Å². The Balaban J connectivity index is 1.70. The lowest BCUT2D eigenvalue weighted by Crippen LogP contribution is -2.06. The summed E-state index contributed by atoms with van der Waals surface area (Å²) < 4.78 is 6.12. The molecule has 152 valence electrons. The van der Waals surface area contributed by atoms with Crippen LogP contribution >= 0.6 is 11.3 Å². The Morgan fingerprint density at radius 3 is 2.63 bits per heavy atom. The van der Waals surface area contributed by atoms with Crippen LogP contribution in [0.15, 0.2) is 48.8 Å². The van der Waals surface area contributed by atoms with Gasteiger partial charge in [0.2, 0.25) is 11.6 Å². The Kier molecular flexibility index (Phi) is 5.40. The van der Waals surface area contributed by atoms with Crippen molar-refractivity contribution in [1.82, 2.24) is 15.0 Å². The molecule has 0 radical (unpaired) electrons. The van der Waals surface area contributed by atoms with Crippen molar-refractivity contribution < 1.29 is 9.66 Å². The van der Waals surface area contributed by atoms with Crippen LogP contribution < -0.4 is 15.4 Å². The van der Waals surface area contributed by atoms with Crippen LogP contribution in [0.1, 0.15) is 12.5 Å². The second-order valence-electron chi connectivity index (χ2n) is 6.29. The molecular formula is C20H18N6O3S. The van der Waals surface area contributed by atoms with Gasteiger partial charge in [0.05, 0.1) is 22.2 Å². The van der Waals surface area contributed by atoms with E-state index >= 15 is 0 Å². The third-order valence-electron chi connectivity index (χ3n) is 4.48. The maximum absolute atomic E-state index is 11.8. The molecule has 0 fully saturated rings. The molecule has 0 unspecified atom stereocenters. The Hall–Kier alpha value is -3.79. The third-order valence-corrected chi connectivity index (χ3v) is 5.41. The number of rotatable bonds is 7. The Morgan fingerprint density at radius 2 is 1.90 bits per heavy atom. The standard InChI is InChI=1S/C20H18N6O3S/c1-3-12-6-4-5-7-14(12)23-18-17(26(27)28)19(22-11-21-18)25-20-24-15-9-8-13(29-2)10-16(15)30-20/h4-11H,3H2,1-2H3,(H2,21,22,23,24,25). The molecular weight excluding hydrogens is 404 g/mol. The number of nitrogens with zero attached hydrogens (tertiary/aromatic N) is 4. The average molecular weight is 422 g/mol. The van der Waals surface area contributed by atoms with E-state index in [2.05, 4.69) is 25.6 Å². The number of ether oxygens (including phenoxy) is 1. The van der Waals surface area contributed by atoms with Crippen LogP contribution in [0.5, 0.6) is 5.75 Å². The fourth-order valence-corrected chi connectivity index (χ4v) is 3.89. The number of thiazole rings is 1. The summed E-state index contributed by atoms with van der Waals surface area (Å²) in [7, 11) is 1.59. The van der Waals surface area contributed by atoms with Gasteiger partial charge in [-0.3, -0.25) is 10.1 Å². The van der Waals surface area contributed by atoms with Gasteiger partial charge < -0.3 is 15.4 Å². The summed E-state index contributed by atoms with van der Waals surface area (Å²) in [5.41, 5.74) is 2.30. The molecule has 0 spiro atoms. The number of fused-ring (bicyclic) bond motifs is 1. The van der Waals surface area contributed by atoms with Gasteiger partial charge in [0, 0.05) is 5.69 Å². The minimum absolute atomic E-state index is 0.0671. The van der Waals surface area contributed by atoms with E-state index in [0.29, 0.717) is 10.9 Å². The molecule has 0 aliphatic rings. The van der Waals surface area contributed by atoms with E-state index in [1.807, 2.05) is 49.4 Å². The molecule has 2 aromatic carbocycles. The number of anilines is 4. The van der Waals surface area contributed by atoms with Crippen molar-refractivity contribution in [2.45, 2.75) is 13.3 Å². The number of benzene rings is 2. The van der Waals surface area contributed by atoms with Gasteiger partial charge >= 0.3 is 5.69 Å². The molecule has 2 aromatic heterocycles. The maximum Gasteiger partial charge on any atom is 0.353 e. The number of nitrogens with one attached hydrogen (secondary N) is 2. The first-order valence-electron chi connectivity index (χ1n) is 9.15. The van der Waals surface area contributed by atoms with E-state index in [1.54, 1.807) is 7.11 Å². The minimum atomic E-state index is -0.504. The van der Waals surface area contributed by atoms with Crippen molar-refractivity contribution in [2.24, 2.45) is 0 Å². The predicted molar refractivity (Wildman–Crippen MR) is 117 cm³/mol. The highest BCUT2D eigenvalue weighted by atomic mass is 32.1. The van der Waals surface area contributed by atoms with Gasteiger partial charge in [0.1, 0.15) is 12.1 Å². The van der Waals surface area contributed by atoms with Crippen LogP contribution in [-0.2, 0) is 6.42 Å². The zero-order valence-electron chi connectivity index (χ0n) is 16.2. The van der Waals surface area contributed by atoms with E-state index in [-0.39, 0.29) is 17.3 Å². The topological polar surface area (TPSA) is 115 Å². The normalized spacial score (nSPS) is 10.7. The fourth-order valence-electron chi connectivity index (χ4n) is 3.00. The Labute approximate surface area is 175 Å². The van der Waals surface area contributed by atoms with Gasteiger partial charge in [-0.05, 0) is 36.2 Å².